The van der Waals surface area contributed by atoms with E-state index in [0.29, 0.717) is 56.2 Å². The Morgan fingerprint density at radius 3 is 2.35 bits per heavy atom. The van der Waals surface area contributed by atoms with Crippen LogP contribution < -0.4 is 10.6 Å². The van der Waals surface area contributed by atoms with Crippen molar-refractivity contribution in [3.05, 3.63) is 64.6 Å². The molecule has 2 aromatic heterocycles. The number of rotatable bonds is 7. The maximum Gasteiger partial charge on any atom is 0.309 e. The molecule has 3 aromatic rings. The lowest BCUT2D eigenvalue weighted by Gasteiger charge is -2.51. The zero-order valence-electron chi connectivity index (χ0n) is 20.3. The second-order valence-electron chi connectivity index (χ2n) is 10.3. The molecule has 3 saturated carbocycles. The fourth-order valence-corrected chi connectivity index (χ4v) is 5.51. The number of nitrogens with one attached hydrogen (secondary N) is 2. The van der Waals surface area contributed by atoms with Crippen molar-refractivity contribution in [3.63, 3.8) is 0 Å². The summed E-state index contributed by atoms with van der Waals surface area (Å²) in [5, 5.41) is 19.1. The van der Waals surface area contributed by atoms with Crippen LogP contribution in [0.25, 0.3) is 5.65 Å². The third-order valence-corrected chi connectivity index (χ3v) is 8.05. The molecule has 194 valence electrons. The van der Waals surface area contributed by atoms with E-state index in [4.69, 9.17) is 0 Å². The third kappa shape index (κ3) is 4.54. The van der Waals surface area contributed by atoms with Gasteiger partial charge in [0.1, 0.15) is 17.2 Å². The molecular weight excluding hydrogens is 484 g/mol. The molecule has 3 fully saturated rings. The highest BCUT2D eigenvalue weighted by atomic mass is 19.1. The molecule has 1 aromatic carbocycles. The van der Waals surface area contributed by atoms with Gasteiger partial charge in [0.2, 0.25) is 0 Å². The molecule has 0 spiro atoms. The molecule has 9 nitrogen and oxygen atoms in total. The van der Waals surface area contributed by atoms with Crippen molar-refractivity contribution in [2.24, 2.45) is 10.8 Å². The van der Waals surface area contributed by atoms with Crippen LogP contribution in [0.15, 0.2) is 30.5 Å². The predicted octanol–water partition coefficient (Wildman–Crippen LogP) is 3.40. The Bertz CT molecular complexity index is 1390. The minimum atomic E-state index is -0.777. The first-order valence-corrected chi connectivity index (χ1v) is 12.2. The molecule has 2 bridgehead atoms. The number of halogens is 2. The summed E-state index contributed by atoms with van der Waals surface area (Å²) >= 11 is 0. The molecule has 37 heavy (non-hydrogen) atoms. The fraction of sp³-hybridized carbons (Fsp3) is 0.423. The molecule has 3 aliphatic carbocycles. The standard InChI is InChI=1S/C26H27F2N5O4/c1-15-10-16(2-3-17(15)27)12-29-22(34)19-11-20(33-21(32-19)18(28)13-31-33)23(35)30-14-25-4-7-26(8-5-25,9-6-25)24(36)37/h2-3,10-11,13H,4-9,12,14H2,1H3,(H,29,34)(H,30,35)(H,36,37). The van der Waals surface area contributed by atoms with Gasteiger partial charge in [-0.05, 0) is 68.1 Å². The van der Waals surface area contributed by atoms with Gasteiger partial charge in [0.05, 0.1) is 11.6 Å². The van der Waals surface area contributed by atoms with Crippen molar-refractivity contribution in [2.45, 2.75) is 52.0 Å². The number of carbonyl (C=O) groups excluding carboxylic acids is 2. The van der Waals surface area contributed by atoms with Gasteiger partial charge in [-0.1, -0.05) is 12.1 Å². The number of carbonyl (C=O) groups is 3. The highest BCUT2D eigenvalue weighted by molar-refractivity contribution is 5.98. The molecular formula is C26H27F2N5O4. The number of carboxylic acid groups (broad SMARTS) is 1. The number of amides is 2. The minimum absolute atomic E-state index is 0.0421. The van der Waals surface area contributed by atoms with Crippen LogP contribution in [0.5, 0.6) is 0 Å². The van der Waals surface area contributed by atoms with Gasteiger partial charge in [0, 0.05) is 19.2 Å². The zero-order valence-corrected chi connectivity index (χ0v) is 20.3. The second kappa shape index (κ2) is 9.20. The van der Waals surface area contributed by atoms with E-state index in [1.165, 1.54) is 12.1 Å². The maximum atomic E-state index is 14.4. The first-order chi connectivity index (χ1) is 17.6. The molecule has 3 N–H and O–H groups in total. The lowest BCUT2D eigenvalue weighted by atomic mass is 9.53. The van der Waals surface area contributed by atoms with Gasteiger partial charge < -0.3 is 15.7 Å². The summed E-state index contributed by atoms with van der Waals surface area (Å²) in [4.78, 5) is 41.8. The van der Waals surface area contributed by atoms with E-state index in [1.54, 1.807) is 19.1 Å². The quantitative estimate of drug-likeness (QED) is 0.447. The van der Waals surface area contributed by atoms with Gasteiger partial charge in [-0.15, -0.1) is 0 Å². The molecule has 2 heterocycles. The van der Waals surface area contributed by atoms with E-state index >= 15 is 0 Å². The Morgan fingerprint density at radius 1 is 1.00 bits per heavy atom. The number of hydrogen-bond donors (Lipinski definition) is 3. The van der Waals surface area contributed by atoms with Crippen LogP contribution in [-0.2, 0) is 11.3 Å². The number of nitrogens with zero attached hydrogens (tertiary/aromatic N) is 3. The Kier molecular flexibility index (Phi) is 6.17. The second-order valence-corrected chi connectivity index (χ2v) is 10.3. The lowest BCUT2D eigenvalue weighted by Crippen LogP contribution is -2.50. The average molecular weight is 512 g/mol. The third-order valence-electron chi connectivity index (χ3n) is 8.05. The van der Waals surface area contributed by atoms with E-state index in [2.05, 4.69) is 20.7 Å². The number of carboxylic acids is 1. The van der Waals surface area contributed by atoms with Crippen LogP contribution >= 0.6 is 0 Å². The van der Waals surface area contributed by atoms with Gasteiger partial charge in [0.15, 0.2) is 11.5 Å². The number of aromatic nitrogens is 3. The van der Waals surface area contributed by atoms with Gasteiger partial charge >= 0.3 is 5.97 Å². The van der Waals surface area contributed by atoms with Crippen LogP contribution in [0, 0.1) is 29.4 Å². The van der Waals surface area contributed by atoms with Crippen molar-refractivity contribution in [1.82, 2.24) is 25.2 Å². The predicted molar refractivity (Wildman–Crippen MR) is 128 cm³/mol. The Labute approximate surface area is 211 Å². The highest BCUT2D eigenvalue weighted by Gasteiger charge is 2.52. The van der Waals surface area contributed by atoms with E-state index in [9.17, 15) is 28.3 Å². The molecule has 2 amide bonds. The van der Waals surface area contributed by atoms with Crippen LogP contribution in [0.4, 0.5) is 8.78 Å². The topological polar surface area (TPSA) is 126 Å². The van der Waals surface area contributed by atoms with Crippen LogP contribution in [0.1, 0.15) is 70.6 Å². The van der Waals surface area contributed by atoms with E-state index in [1.807, 2.05) is 0 Å². The Morgan fingerprint density at radius 2 is 1.70 bits per heavy atom. The van der Waals surface area contributed by atoms with Crippen molar-refractivity contribution < 1.29 is 28.3 Å². The molecule has 0 unspecified atom stereocenters. The monoisotopic (exact) mass is 511 g/mol. The van der Waals surface area contributed by atoms with Crippen molar-refractivity contribution >= 4 is 23.4 Å². The number of fused-ring (bicyclic) bond motifs is 4. The van der Waals surface area contributed by atoms with Crippen molar-refractivity contribution in [2.75, 3.05) is 6.54 Å². The number of aryl methyl sites for hydroxylation is 1. The smallest absolute Gasteiger partial charge is 0.309 e. The molecule has 0 atom stereocenters. The summed E-state index contributed by atoms with van der Waals surface area (Å²) in [7, 11) is 0. The fourth-order valence-electron chi connectivity index (χ4n) is 5.51. The minimum Gasteiger partial charge on any atom is -0.481 e. The Hall–Kier alpha value is -3.89. The van der Waals surface area contributed by atoms with Crippen molar-refractivity contribution in [1.29, 1.82) is 0 Å². The van der Waals surface area contributed by atoms with E-state index < -0.39 is 29.0 Å². The summed E-state index contributed by atoms with van der Waals surface area (Å²) in [5.41, 5.74) is -0.166. The van der Waals surface area contributed by atoms with Gasteiger partial charge in [-0.2, -0.15) is 5.10 Å². The molecule has 11 heteroatoms. The Balaban J connectivity index is 1.32. The first kappa shape index (κ1) is 24.8. The SMILES string of the molecule is Cc1cc(CNC(=O)c2cc(C(=O)NCC34CCC(C(=O)O)(CC3)CC4)n3ncc(F)c3n2)ccc1F. The average Bonchev–Trinajstić information content (AvgIpc) is 3.28. The van der Waals surface area contributed by atoms with Crippen LogP contribution in [0.2, 0.25) is 0 Å². The van der Waals surface area contributed by atoms with Crippen LogP contribution in [-0.4, -0.2) is 44.0 Å². The van der Waals surface area contributed by atoms with Crippen molar-refractivity contribution in [3.8, 4) is 0 Å². The summed E-state index contributed by atoms with van der Waals surface area (Å²) in [6, 6.07) is 5.73. The van der Waals surface area contributed by atoms with E-state index in [0.717, 1.165) is 10.7 Å². The first-order valence-electron chi connectivity index (χ1n) is 12.2. The van der Waals surface area contributed by atoms with Gasteiger partial charge in [-0.3, -0.25) is 14.4 Å². The summed E-state index contributed by atoms with van der Waals surface area (Å²) in [6.45, 7) is 2.06. The van der Waals surface area contributed by atoms with Gasteiger partial charge in [-0.25, -0.2) is 18.3 Å². The van der Waals surface area contributed by atoms with E-state index in [-0.39, 0.29) is 34.8 Å². The summed E-state index contributed by atoms with van der Waals surface area (Å²) < 4.78 is 28.9. The summed E-state index contributed by atoms with van der Waals surface area (Å²) in [6.07, 6.45) is 4.79. The van der Waals surface area contributed by atoms with Gasteiger partial charge in [0.25, 0.3) is 11.8 Å². The number of aliphatic carboxylic acids is 1. The highest BCUT2D eigenvalue weighted by Crippen LogP contribution is 2.56. The maximum absolute atomic E-state index is 14.4. The normalized spacial score (nSPS) is 22.7. The zero-order chi connectivity index (χ0) is 26.4. The number of benzene rings is 1. The molecule has 6 rings (SSSR count). The molecule has 0 radical (unpaired) electrons. The molecule has 0 aliphatic heterocycles. The lowest BCUT2D eigenvalue weighted by molar-refractivity contribution is -0.158. The molecule has 0 saturated heterocycles. The largest absolute Gasteiger partial charge is 0.481 e. The molecule has 3 aliphatic rings. The van der Waals surface area contributed by atoms with Crippen LogP contribution in [0.3, 0.4) is 0 Å². The summed E-state index contributed by atoms with van der Waals surface area (Å²) in [5.74, 6) is -3.03. The number of hydrogen-bond acceptors (Lipinski definition) is 5.